The minimum atomic E-state index is -3.27. The second-order valence-corrected chi connectivity index (χ2v) is 5.58. The molecule has 22 heavy (non-hydrogen) atoms. The third-order valence-corrected chi connectivity index (χ3v) is 3.24. The Bertz CT molecular complexity index is 544. The van der Waals surface area contributed by atoms with Gasteiger partial charge in [-0.3, -0.25) is 0 Å². The predicted octanol–water partition coefficient (Wildman–Crippen LogP) is 5.57. The highest BCUT2D eigenvalue weighted by molar-refractivity contribution is 6.29. The maximum Gasteiger partial charge on any atom is 0.282 e. The fourth-order valence-corrected chi connectivity index (χ4v) is 1.68. The third-order valence-electron chi connectivity index (χ3n) is 3.02. The number of rotatable bonds is 3. The molecule has 1 nitrogen and oxygen atoms in total. The average Bonchev–Trinajstić information content (AvgIpc) is 2.45. The molecule has 0 spiro atoms. The summed E-state index contributed by atoms with van der Waals surface area (Å²) in [5.74, 6) is -3.27. The lowest BCUT2D eigenvalue weighted by Gasteiger charge is -2.17. The first kappa shape index (κ1) is 18.5. The van der Waals surface area contributed by atoms with Gasteiger partial charge in [0.15, 0.2) is 6.17 Å². The number of benzene rings is 1. The lowest BCUT2D eigenvalue weighted by molar-refractivity contribution is -0.0637. The molecular weight excluding hydrogens is 311 g/mol. The molecule has 0 N–H and O–H groups in total. The second-order valence-electron chi connectivity index (χ2n) is 5.20. The molecule has 0 saturated carbocycles. The molecule has 1 atom stereocenters. The van der Waals surface area contributed by atoms with Crippen LogP contribution >= 0.6 is 11.6 Å². The Morgan fingerprint density at radius 1 is 1.05 bits per heavy atom. The van der Waals surface area contributed by atoms with E-state index in [0.29, 0.717) is 10.7 Å². The second kappa shape index (κ2) is 8.18. The Morgan fingerprint density at radius 2 is 1.59 bits per heavy atom. The van der Waals surface area contributed by atoms with Crippen LogP contribution in [0.15, 0.2) is 42.6 Å². The Balaban J connectivity index is 0.000000255. The first-order valence-corrected chi connectivity index (χ1v) is 7.24. The third kappa shape index (κ3) is 6.48. The number of pyridine rings is 1. The van der Waals surface area contributed by atoms with Gasteiger partial charge in [0.2, 0.25) is 0 Å². The van der Waals surface area contributed by atoms with Crippen molar-refractivity contribution in [1.82, 2.24) is 4.98 Å². The summed E-state index contributed by atoms with van der Waals surface area (Å²) in [6, 6.07) is 10.4. The van der Waals surface area contributed by atoms with Gasteiger partial charge in [-0.1, -0.05) is 47.5 Å². The van der Waals surface area contributed by atoms with Gasteiger partial charge in [0.1, 0.15) is 5.15 Å². The molecule has 1 aromatic carbocycles. The van der Waals surface area contributed by atoms with Crippen molar-refractivity contribution in [2.45, 2.75) is 39.3 Å². The summed E-state index contributed by atoms with van der Waals surface area (Å²) in [6.45, 7) is 4.73. The summed E-state index contributed by atoms with van der Waals surface area (Å²) in [5, 5.41) is 0.551. The van der Waals surface area contributed by atoms with Crippen LogP contribution in [0.5, 0.6) is 0 Å². The molecule has 0 aliphatic carbocycles. The maximum atomic E-state index is 13.0. The van der Waals surface area contributed by atoms with Crippen LogP contribution in [0, 0.1) is 13.8 Å². The number of aromatic nitrogens is 1. The number of nitrogens with zero attached hydrogens (tertiary/aromatic N) is 1. The van der Waals surface area contributed by atoms with Crippen LogP contribution in [0.2, 0.25) is 5.15 Å². The highest BCUT2D eigenvalue weighted by Crippen LogP contribution is 2.26. The van der Waals surface area contributed by atoms with Gasteiger partial charge in [0.05, 0.1) is 0 Å². The van der Waals surface area contributed by atoms with Crippen molar-refractivity contribution < 1.29 is 13.2 Å². The van der Waals surface area contributed by atoms with E-state index in [1.54, 1.807) is 36.5 Å². The largest absolute Gasteiger partial charge is 0.282 e. The zero-order valence-corrected chi connectivity index (χ0v) is 13.5. The van der Waals surface area contributed by atoms with Crippen molar-refractivity contribution in [3.8, 4) is 0 Å². The average molecular weight is 330 g/mol. The summed E-state index contributed by atoms with van der Waals surface area (Å²) in [6.07, 6.45) is -0.906. The van der Waals surface area contributed by atoms with Crippen LogP contribution in [0.1, 0.15) is 23.6 Å². The molecule has 5 heteroatoms. The van der Waals surface area contributed by atoms with Crippen LogP contribution in [0.4, 0.5) is 13.2 Å². The molecule has 0 fully saturated rings. The van der Waals surface area contributed by atoms with E-state index in [4.69, 9.17) is 11.6 Å². The van der Waals surface area contributed by atoms with Crippen LogP contribution in [-0.2, 0) is 6.42 Å². The van der Waals surface area contributed by atoms with Crippen molar-refractivity contribution in [3.05, 3.63) is 64.4 Å². The normalized spacial score (nSPS) is 12.3. The van der Waals surface area contributed by atoms with Crippen molar-refractivity contribution in [2.75, 3.05) is 0 Å². The zero-order chi connectivity index (χ0) is 16.8. The van der Waals surface area contributed by atoms with Gasteiger partial charge >= 0.3 is 0 Å². The monoisotopic (exact) mass is 329 g/mol. The molecular formula is C17H19ClF3N. The van der Waals surface area contributed by atoms with Crippen LogP contribution in [0.3, 0.4) is 0 Å². The molecule has 1 heterocycles. The van der Waals surface area contributed by atoms with Gasteiger partial charge in [-0.15, -0.1) is 0 Å². The highest BCUT2D eigenvalue weighted by atomic mass is 35.5. The standard InChI is InChI=1S/C11H13F3.C6H6ClN/c1-8-3-5-10(6-4-8)7-11(13,14)9(2)12;1-5-2-3-6(7)8-4-5/h3-6,9H,7H2,1-2H3;2-4H,1H3. The molecule has 2 rings (SSSR count). The topological polar surface area (TPSA) is 12.9 Å². The van der Waals surface area contributed by atoms with Crippen LogP contribution in [0.25, 0.3) is 0 Å². The highest BCUT2D eigenvalue weighted by Gasteiger charge is 2.36. The Hall–Kier alpha value is -1.55. The number of halogens is 4. The van der Waals surface area contributed by atoms with E-state index in [-0.39, 0.29) is 0 Å². The van der Waals surface area contributed by atoms with Gasteiger partial charge in [0, 0.05) is 12.6 Å². The first-order valence-electron chi connectivity index (χ1n) is 6.86. The van der Waals surface area contributed by atoms with E-state index in [9.17, 15) is 13.2 Å². The molecule has 0 aliphatic heterocycles. The molecule has 1 unspecified atom stereocenters. The van der Waals surface area contributed by atoms with Crippen molar-refractivity contribution in [3.63, 3.8) is 0 Å². The van der Waals surface area contributed by atoms with Crippen molar-refractivity contribution >= 4 is 11.6 Å². The summed E-state index contributed by atoms with van der Waals surface area (Å²) in [5.41, 5.74) is 2.60. The quantitative estimate of drug-likeness (QED) is 0.670. The molecule has 120 valence electrons. The van der Waals surface area contributed by atoms with Gasteiger partial charge < -0.3 is 0 Å². The SMILES string of the molecule is Cc1ccc(CC(F)(F)C(C)F)cc1.Cc1ccc(Cl)nc1. The number of alkyl halides is 3. The van der Waals surface area contributed by atoms with Gasteiger partial charge in [-0.2, -0.15) is 0 Å². The van der Waals surface area contributed by atoms with Gasteiger partial charge in [-0.05, 0) is 38.0 Å². The summed E-state index contributed by atoms with van der Waals surface area (Å²) in [4.78, 5) is 3.84. The van der Waals surface area contributed by atoms with E-state index < -0.39 is 18.5 Å². The summed E-state index contributed by atoms with van der Waals surface area (Å²) in [7, 11) is 0. The maximum absolute atomic E-state index is 13.0. The molecule has 0 amide bonds. The smallest absolute Gasteiger partial charge is 0.244 e. The number of aryl methyl sites for hydroxylation is 2. The number of hydrogen-bond acceptors (Lipinski definition) is 1. The van der Waals surface area contributed by atoms with Crippen LogP contribution in [-0.4, -0.2) is 17.1 Å². The fraction of sp³-hybridized carbons (Fsp3) is 0.353. The van der Waals surface area contributed by atoms with E-state index in [1.165, 1.54) is 0 Å². The minimum absolute atomic E-state index is 0.463. The van der Waals surface area contributed by atoms with E-state index >= 15 is 0 Å². The minimum Gasteiger partial charge on any atom is -0.244 e. The van der Waals surface area contributed by atoms with E-state index in [2.05, 4.69) is 4.98 Å². The van der Waals surface area contributed by atoms with Gasteiger partial charge in [0.25, 0.3) is 5.92 Å². The van der Waals surface area contributed by atoms with Crippen LogP contribution < -0.4 is 0 Å². The molecule has 1 aromatic heterocycles. The van der Waals surface area contributed by atoms with E-state index in [1.807, 2.05) is 19.9 Å². The molecule has 0 saturated heterocycles. The van der Waals surface area contributed by atoms with E-state index in [0.717, 1.165) is 18.1 Å². The lowest BCUT2D eigenvalue weighted by atomic mass is 10.0. The first-order chi connectivity index (χ1) is 10.2. The summed E-state index contributed by atoms with van der Waals surface area (Å²) >= 11 is 5.50. The number of hydrogen-bond donors (Lipinski definition) is 0. The fourth-order valence-electron chi connectivity index (χ4n) is 1.57. The Labute approximate surface area is 134 Å². The molecule has 0 radical (unpaired) electrons. The van der Waals surface area contributed by atoms with Crippen molar-refractivity contribution in [1.29, 1.82) is 0 Å². The summed E-state index contributed by atoms with van der Waals surface area (Å²) < 4.78 is 38.4. The lowest BCUT2D eigenvalue weighted by Crippen LogP contribution is -2.29. The molecule has 2 aromatic rings. The van der Waals surface area contributed by atoms with Gasteiger partial charge in [-0.25, -0.2) is 18.2 Å². The Kier molecular flexibility index (Phi) is 6.88. The van der Waals surface area contributed by atoms with Crippen molar-refractivity contribution in [2.24, 2.45) is 0 Å². The predicted molar refractivity (Wildman–Crippen MR) is 84.4 cm³/mol. The Morgan fingerprint density at radius 3 is 2.00 bits per heavy atom. The zero-order valence-electron chi connectivity index (χ0n) is 12.8. The molecule has 0 bridgehead atoms. The molecule has 0 aliphatic rings.